The van der Waals surface area contributed by atoms with Gasteiger partial charge < -0.3 is 19.2 Å². The van der Waals surface area contributed by atoms with Crippen molar-refractivity contribution >= 4 is 5.65 Å². The maximum absolute atomic E-state index is 5.38. The second kappa shape index (κ2) is 5.10. The Labute approximate surface area is 122 Å². The Kier molecular flexibility index (Phi) is 2.97. The monoisotopic (exact) mass is 281 g/mol. The van der Waals surface area contributed by atoms with Crippen molar-refractivity contribution in [1.82, 2.24) is 14.7 Å². The van der Waals surface area contributed by atoms with Crippen molar-refractivity contribution in [2.75, 3.05) is 6.79 Å². The van der Waals surface area contributed by atoms with Gasteiger partial charge in [0.2, 0.25) is 6.79 Å². The van der Waals surface area contributed by atoms with Crippen molar-refractivity contribution < 1.29 is 9.47 Å². The number of fused-ring (bicyclic) bond motifs is 2. The standard InChI is InChI=1S/C16H15N3O2/c1-2-6-19-10-13(18-16(19)3-1)9-17-8-12-4-5-14-15(7-12)21-11-20-14/h1-7,10,17H,8-9,11H2. The van der Waals surface area contributed by atoms with E-state index in [0.717, 1.165) is 35.9 Å². The molecule has 5 nitrogen and oxygen atoms in total. The molecule has 1 N–H and O–H groups in total. The first-order valence-corrected chi connectivity index (χ1v) is 6.90. The van der Waals surface area contributed by atoms with Crippen molar-refractivity contribution in [3.05, 3.63) is 60.0 Å². The maximum Gasteiger partial charge on any atom is 0.231 e. The molecule has 0 spiro atoms. The fraction of sp³-hybridized carbons (Fsp3) is 0.188. The van der Waals surface area contributed by atoms with E-state index >= 15 is 0 Å². The molecule has 3 aromatic rings. The minimum Gasteiger partial charge on any atom is -0.454 e. The van der Waals surface area contributed by atoms with E-state index in [2.05, 4.69) is 10.3 Å². The van der Waals surface area contributed by atoms with Crippen LogP contribution in [-0.2, 0) is 13.1 Å². The Morgan fingerprint density at radius 3 is 3.00 bits per heavy atom. The number of pyridine rings is 1. The second-order valence-corrected chi connectivity index (χ2v) is 4.99. The van der Waals surface area contributed by atoms with E-state index in [4.69, 9.17) is 9.47 Å². The first kappa shape index (κ1) is 12.2. The normalized spacial score (nSPS) is 13.0. The zero-order valence-corrected chi connectivity index (χ0v) is 11.5. The summed E-state index contributed by atoms with van der Waals surface area (Å²) in [5, 5.41) is 3.40. The third-order valence-corrected chi connectivity index (χ3v) is 3.49. The maximum atomic E-state index is 5.38. The van der Waals surface area contributed by atoms with Gasteiger partial charge in [0.15, 0.2) is 11.5 Å². The number of imidazole rings is 1. The lowest BCUT2D eigenvalue weighted by atomic mass is 10.2. The number of benzene rings is 1. The Balaban J connectivity index is 1.41. The third kappa shape index (κ3) is 2.43. The van der Waals surface area contributed by atoms with Gasteiger partial charge in [0.25, 0.3) is 0 Å². The SMILES string of the molecule is c1ccn2cc(CNCc3ccc4c(c3)OCO4)nc2c1. The van der Waals surface area contributed by atoms with Crippen LogP contribution in [0, 0.1) is 0 Å². The van der Waals surface area contributed by atoms with E-state index in [-0.39, 0.29) is 0 Å². The Bertz CT molecular complexity index is 749. The number of nitrogens with one attached hydrogen (secondary N) is 1. The summed E-state index contributed by atoms with van der Waals surface area (Å²) in [5.41, 5.74) is 3.17. The van der Waals surface area contributed by atoms with Crippen LogP contribution in [0.1, 0.15) is 11.3 Å². The van der Waals surface area contributed by atoms with Crippen LogP contribution in [0.25, 0.3) is 5.65 Å². The molecule has 0 radical (unpaired) electrons. The molecular formula is C16H15N3O2. The van der Waals surface area contributed by atoms with E-state index in [1.807, 2.05) is 53.2 Å². The van der Waals surface area contributed by atoms with Crippen LogP contribution in [0.5, 0.6) is 11.5 Å². The summed E-state index contributed by atoms with van der Waals surface area (Å²) in [6.07, 6.45) is 4.05. The van der Waals surface area contributed by atoms with Gasteiger partial charge in [-0.3, -0.25) is 0 Å². The number of aromatic nitrogens is 2. The van der Waals surface area contributed by atoms with Gasteiger partial charge in [-0.2, -0.15) is 0 Å². The lowest BCUT2D eigenvalue weighted by Gasteiger charge is -2.04. The summed E-state index contributed by atoms with van der Waals surface area (Å²) in [6, 6.07) is 12.0. The largest absolute Gasteiger partial charge is 0.454 e. The van der Waals surface area contributed by atoms with Crippen molar-refractivity contribution in [2.24, 2.45) is 0 Å². The van der Waals surface area contributed by atoms with E-state index in [9.17, 15) is 0 Å². The average Bonchev–Trinajstić information content (AvgIpc) is 3.12. The highest BCUT2D eigenvalue weighted by molar-refractivity contribution is 5.44. The molecule has 3 heterocycles. The van der Waals surface area contributed by atoms with Gasteiger partial charge in [-0.05, 0) is 29.8 Å². The van der Waals surface area contributed by atoms with Crippen LogP contribution < -0.4 is 14.8 Å². The van der Waals surface area contributed by atoms with Crippen LogP contribution in [0.3, 0.4) is 0 Å². The molecule has 21 heavy (non-hydrogen) atoms. The molecular weight excluding hydrogens is 266 g/mol. The van der Waals surface area contributed by atoms with Gasteiger partial charge in [-0.15, -0.1) is 0 Å². The fourth-order valence-corrected chi connectivity index (χ4v) is 2.46. The minimum absolute atomic E-state index is 0.313. The number of rotatable bonds is 4. The molecule has 0 bridgehead atoms. The van der Waals surface area contributed by atoms with E-state index in [1.165, 1.54) is 5.56 Å². The first-order valence-electron chi connectivity index (χ1n) is 6.90. The van der Waals surface area contributed by atoms with Crippen LogP contribution in [0.4, 0.5) is 0 Å². The third-order valence-electron chi connectivity index (χ3n) is 3.49. The molecule has 1 aliphatic rings. The van der Waals surface area contributed by atoms with Crippen molar-refractivity contribution in [3.8, 4) is 11.5 Å². The number of hydrogen-bond acceptors (Lipinski definition) is 4. The van der Waals surface area contributed by atoms with E-state index in [0.29, 0.717) is 6.79 Å². The molecule has 1 aliphatic heterocycles. The van der Waals surface area contributed by atoms with Gasteiger partial charge in [0.1, 0.15) is 5.65 Å². The zero-order chi connectivity index (χ0) is 14.1. The predicted molar refractivity (Wildman–Crippen MR) is 78.3 cm³/mol. The molecule has 0 aliphatic carbocycles. The van der Waals surface area contributed by atoms with Gasteiger partial charge in [-0.1, -0.05) is 12.1 Å². The molecule has 2 aromatic heterocycles. The molecule has 5 heteroatoms. The first-order chi connectivity index (χ1) is 10.4. The van der Waals surface area contributed by atoms with Gasteiger partial charge in [-0.25, -0.2) is 4.98 Å². The molecule has 0 unspecified atom stereocenters. The van der Waals surface area contributed by atoms with Gasteiger partial charge >= 0.3 is 0 Å². The minimum atomic E-state index is 0.313. The summed E-state index contributed by atoms with van der Waals surface area (Å²) in [7, 11) is 0. The topological polar surface area (TPSA) is 47.8 Å². The highest BCUT2D eigenvalue weighted by Crippen LogP contribution is 2.32. The number of hydrogen-bond donors (Lipinski definition) is 1. The molecule has 4 rings (SSSR count). The quantitative estimate of drug-likeness (QED) is 0.797. The molecule has 106 valence electrons. The van der Waals surface area contributed by atoms with Crippen molar-refractivity contribution in [2.45, 2.75) is 13.1 Å². The lowest BCUT2D eigenvalue weighted by molar-refractivity contribution is 0.174. The summed E-state index contributed by atoms with van der Waals surface area (Å²) in [4.78, 5) is 4.56. The van der Waals surface area contributed by atoms with E-state index in [1.54, 1.807) is 0 Å². The number of nitrogens with zero attached hydrogens (tertiary/aromatic N) is 2. The lowest BCUT2D eigenvalue weighted by Crippen LogP contribution is -2.12. The molecule has 0 fully saturated rings. The molecule has 0 atom stereocenters. The Hall–Kier alpha value is -2.53. The summed E-state index contributed by atoms with van der Waals surface area (Å²) in [6.45, 7) is 1.81. The molecule has 0 saturated carbocycles. The Morgan fingerprint density at radius 1 is 1.10 bits per heavy atom. The van der Waals surface area contributed by atoms with Crippen LogP contribution in [0.2, 0.25) is 0 Å². The zero-order valence-electron chi connectivity index (χ0n) is 11.5. The van der Waals surface area contributed by atoms with Crippen molar-refractivity contribution in [3.63, 3.8) is 0 Å². The summed E-state index contributed by atoms with van der Waals surface area (Å²) in [5.74, 6) is 1.64. The molecule has 0 amide bonds. The van der Waals surface area contributed by atoms with Crippen LogP contribution in [0.15, 0.2) is 48.8 Å². The molecule has 1 aromatic carbocycles. The highest BCUT2D eigenvalue weighted by atomic mass is 16.7. The smallest absolute Gasteiger partial charge is 0.231 e. The fourth-order valence-electron chi connectivity index (χ4n) is 2.46. The second-order valence-electron chi connectivity index (χ2n) is 4.99. The molecule has 0 saturated heterocycles. The van der Waals surface area contributed by atoms with Crippen LogP contribution in [-0.4, -0.2) is 16.2 Å². The average molecular weight is 281 g/mol. The number of ether oxygens (including phenoxy) is 2. The Morgan fingerprint density at radius 2 is 2.05 bits per heavy atom. The van der Waals surface area contributed by atoms with E-state index < -0.39 is 0 Å². The predicted octanol–water partition coefficient (Wildman–Crippen LogP) is 2.35. The van der Waals surface area contributed by atoms with Gasteiger partial charge in [0, 0.05) is 25.5 Å². The summed E-state index contributed by atoms with van der Waals surface area (Å²) >= 11 is 0. The highest BCUT2D eigenvalue weighted by Gasteiger charge is 2.12. The van der Waals surface area contributed by atoms with Crippen molar-refractivity contribution in [1.29, 1.82) is 0 Å². The van der Waals surface area contributed by atoms with Gasteiger partial charge in [0.05, 0.1) is 5.69 Å². The van der Waals surface area contributed by atoms with Crippen LogP contribution >= 0.6 is 0 Å². The summed E-state index contributed by atoms with van der Waals surface area (Å²) < 4.78 is 12.7.